The fourth-order valence-electron chi connectivity index (χ4n) is 3.86. The van der Waals surface area contributed by atoms with Gasteiger partial charge in [0.2, 0.25) is 5.52 Å². The fraction of sp³-hybridized carbons (Fsp3) is 0.261. The Balaban J connectivity index is 1.76. The summed E-state index contributed by atoms with van der Waals surface area (Å²) in [7, 11) is -8.42. The molecule has 2 N–H and O–H groups in total. The Bertz CT molecular complexity index is 1630. The third-order valence-electron chi connectivity index (χ3n) is 5.49. The molecule has 0 spiro atoms. The summed E-state index contributed by atoms with van der Waals surface area (Å²) in [6.45, 7) is 2.31. The van der Waals surface area contributed by atoms with E-state index in [2.05, 4.69) is 0 Å². The van der Waals surface area contributed by atoms with Crippen molar-refractivity contribution in [2.75, 3.05) is 17.2 Å². The van der Waals surface area contributed by atoms with Crippen LogP contribution in [0.1, 0.15) is 24.8 Å². The lowest BCUT2D eigenvalue weighted by atomic mass is 10.2. The zero-order valence-electron chi connectivity index (χ0n) is 19.5. The van der Waals surface area contributed by atoms with Crippen molar-refractivity contribution in [3.8, 4) is 0 Å². The first-order valence-corrected chi connectivity index (χ1v) is 16.6. The lowest BCUT2D eigenvalue weighted by Crippen LogP contribution is -2.39. The van der Waals surface area contributed by atoms with Crippen molar-refractivity contribution in [2.24, 2.45) is 0 Å². The molecule has 1 aliphatic heterocycles. The lowest BCUT2D eigenvalue weighted by molar-refractivity contribution is -0.649. The number of rotatable bonds is 9. The highest BCUT2D eigenvalue weighted by atomic mass is 35.5. The van der Waals surface area contributed by atoms with Crippen molar-refractivity contribution in [3.63, 3.8) is 0 Å². The summed E-state index contributed by atoms with van der Waals surface area (Å²) in [6.07, 6.45) is 4.64. The van der Waals surface area contributed by atoms with E-state index in [1.165, 1.54) is 27.7 Å². The third-order valence-corrected chi connectivity index (χ3v) is 9.57. The molecule has 0 amide bonds. The predicted octanol–water partition coefficient (Wildman–Crippen LogP) is 5.87. The van der Waals surface area contributed by atoms with E-state index in [4.69, 9.17) is 27.8 Å². The summed E-state index contributed by atoms with van der Waals surface area (Å²) in [5.41, 5.74) is 2.31. The van der Waals surface area contributed by atoms with Crippen molar-refractivity contribution >= 4 is 88.5 Å². The average molecular weight is 623 g/mol. The zero-order valence-corrected chi connectivity index (χ0v) is 24.2. The second-order valence-corrected chi connectivity index (χ2v) is 14.2. The molecular weight excluding hydrogens is 599 g/mol. The normalized spacial score (nSPS) is 15.6. The van der Waals surface area contributed by atoms with Crippen molar-refractivity contribution in [1.82, 2.24) is 0 Å². The number of anilines is 1. The van der Waals surface area contributed by atoms with Crippen LogP contribution in [0.4, 0.5) is 5.69 Å². The van der Waals surface area contributed by atoms with E-state index in [0.29, 0.717) is 33.5 Å². The van der Waals surface area contributed by atoms with Crippen LogP contribution in [0.3, 0.4) is 0 Å². The van der Waals surface area contributed by atoms with Crippen LogP contribution in [0, 0.1) is 0 Å². The zero-order chi connectivity index (χ0) is 27.0. The van der Waals surface area contributed by atoms with Crippen LogP contribution in [-0.2, 0) is 26.1 Å². The first-order valence-electron chi connectivity index (χ1n) is 11.0. The molecule has 4 rings (SSSR count). The molecule has 0 radical (unpaired) electrons. The van der Waals surface area contributed by atoms with E-state index < -0.39 is 26.1 Å². The van der Waals surface area contributed by atoms with Crippen LogP contribution in [0.2, 0.25) is 10.0 Å². The number of thiazole rings is 1. The first-order chi connectivity index (χ1) is 17.3. The van der Waals surface area contributed by atoms with Crippen LogP contribution in [0.5, 0.6) is 0 Å². The molecule has 0 saturated heterocycles. The number of nitrogens with zero attached hydrogens (tertiary/aromatic N) is 2. The molecule has 0 atom stereocenters. The van der Waals surface area contributed by atoms with Crippen molar-refractivity contribution in [2.45, 2.75) is 30.5 Å². The molecule has 0 unspecified atom stereocenters. The first kappa shape index (κ1) is 28.4. The highest BCUT2D eigenvalue weighted by Gasteiger charge is 2.27. The van der Waals surface area contributed by atoms with Crippen LogP contribution < -0.4 is 9.47 Å². The number of allylic oxidation sites excluding steroid dienone is 2. The van der Waals surface area contributed by atoms with Gasteiger partial charge in [0.15, 0.2) is 0 Å². The maximum absolute atomic E-state index is 11.8. The van der Waals surface area contributed by atoms with Crippen LogP contribution in [-0.4, -0.2) is 38.2 Å². The second kappa shape index (κ2) is 11.2. The van der Waals surface area contributed by atoms with Gasteiger partial charge in [0.1, 0.15) is 4.70 Å². The Hall–Kier alpha value is -1.64. The van der Waals surface area contributed by atoms with Gasteiger partial charge in [-0.2, -0.15) is 21.4 Å². The molecule has 0 saturated carbocycles. The number of fused-ring (bicyclic) bond motifs is 2. The quantitative estimate of drug-likeness (QED) is 0.225. The standard InChI is InChI=1S/C23H22Cl2N2O6S4/c1-2-15(11-23-27(14-37(31,32)33)19-13-17(25)5-7-21(19)35-23)10-22-26(8-3-9-36(28,29)30)18-12-16(24)4-6-20(18)34-22/h4-7,10-13H,2-3,8-9,14H2,1H3,(H-,28,29,30,31,32,33)/p+1. The van der Waals surface area contributed by atoms with Gasteiger partial charge in [0, 0.05) is 33.6 Å². The highest BCUT2D eigenvalue weighted by Crippen LogP contribution is 2.47. The van der Waals surface area contributed by atoms with E-state index in [1.807, 2.05) is 36.1 Å². The maximum atomic E-state index is 11.8. The van der Waals surface area contributed by atoms with Gasteiger partial charge < -0.3 is 4.90 Å². The Kier molecular flexibility index (Phi) is 8.61. The van der Waals surface area contributed by atoms with Crippen LogP contribution in [0.15, 0.2) is 58.0 Å². The van der Waals surface area contributed by atoms with E-state index >= 15 is 0 Å². The summed E-state index contributed by atoms with van der Waals surface area (Å²) in [5.74, 6) is -0.985. The molecule has 0 aliphatic carbocycles. The fourth-order valence-corrected chi connectivity index (χ4v) is 7.63. The predicted molar refractivity (Wildman–Crippen MR) is 151 cm³/mol. The number of thioether (sulfide) groups is 1. The van der Waals surface area contributed by atoms with Gasteiger partial charge in [0.05, 0.1) is 16.5 Å². The number of halogens is 2. The Labute approximate surface area is 233 Å². The summed E-state index contributed by atoms with van der Waals surface area (Å²) in [4.78, 5) is 2.91. The third kappa shape index (κ3) is 7.27. The van der Waals surface area contributed by atoms with Gasteiger partial charge >= 0.3 is 10.1 Å². The minimum Gasteiger partial charge on any atom is -0.335 e. The Morgan fingerprint density at radius 1 is 1.05 bits per heavy atom. The van der Waals surface area contributed by atoms with Gasteiger partial charge in [0.25, 0.3) is 21.0 Å². The van der Waals surface area contributed by atoms with Crippen molar-refractivity contribution < 1.29 is 30.5 Å². The highest BCUT2D eigenvalue weighted by molar-refractivity contribution is 8.03. The van der Waals surface area contributed by atoms with Gasteiger partial charge in [-0.1, -0.05) is 53.2 Å². The molecular formula is C23H23Cl2N2O6S4+. The van der Waals surface area contributed by atoms with Gasteiger partial charge in [-0.05, 0) is 54.8 Å². The molecule has 1 aromatic heterocycles. The molecule has 37 heavy (non-hydrogen) atoms. The Morgan fingerprint density at radius 3 is 2.43 bits per heavy atom. The largest absolute Gasteiger partial charge is 0.335 e. The van der Waals surface area contributed by atoms with E-state index in [0.717, 1.165) is 25.9 Å². The van der Waals surface area contributed by atoms with Crippen molar-refractivity contribution in [3.05, 3.63) is 68.1 Å². The molecule has 14 heteroatoms. The number of aromatic nitrogens is 1. The SMILES string of the molecule is CCC(=C/c1sc2ccc(Cl)cc2[n+]1CS(=O)(=O)O)/C=C1/Sc2ccc(Cl)cc2N1CCCS(=O)(=O)O. The van der Waals surface area contributed by atoms with E-state index in [9.17, 15) is 21.4 Å². The number of benzene rings is 2. The van der Waals surface area contributed by atoms with Gasteiger partial charge in [-0.3, -0.25) is 9.11 Å². The Morgan fingerprint density at radius 2 is 1.76 bits per heavy atom. The molecule has 0 bridgehead atoms. The molecule has 3 aromatic rings. The maximum Gasteiger partial charge on any atom is 0.326 e. The number of hydrogen-bond donors (Lipinski definition) is 2. The topological polar surface area (TPSA) is 116 Å². The van der Waals surface area contributed by atoms with Crippen LogP contribution in [0.25, 0.3) is 16.3 Å². The molecule has 8 nitrogen and oxygen atoms in total. The minimum absolute atomic E-state index is 0.208. The summed E-state index contributed by atoms with van der Waals surface area (Å²) < 4.78 is 67.1. The molecule has 198 valence electrons. The van der Waals surface area contributed by atoms with E-state index in [1.54, 1.807) is 24.3 Å². The number of hydrogen-bond acceptors (Lipinski definition) is 7. The van der Waals surface area contributed by atoms with Crippen LogP contribution >= 0.6 is 46.3 Å². The average Bonchev–Trinajstić information content (AvgIpc) is 3.28. The second-order valence-electron chi connectivity index (χ2n) is 8.25. The van der Waals surface area contributed by atoms with Crippen molar-refractivity contribution in [1.29, 1.82) is 0 Å². The molecule has 0 fully saturated rings. The van der Waals surface area contributed by atoms with Gasteiger partial charge in [-0.15, -0.1) is 0 Å². The monoisotopic (exact) mass is 621 g/mol. The van der Waals surface area contributed by atoms with Gasteiger partial charge in [-0.25, -0.2) is 0 Å². The minimum atomic E-state index is -4.32. The lowest BCUT2D eigenvalue weighted by Gasteiger charge is -2.20. The molecule has 2 aromatic carbocycles. The summed E-state index contributed by atoms with van der Waals surface area (Å²) >= 11 is 15.2. The smallest absolute Gasteiger partial charge is 0.326 e. The van der Waals surface area contributed by atoms with E-state index in [-0.39, 0.29) is 12.2 Å². The summed E-state index contributed by atoms with van der Waals surface area (Å²) in [5, 5.41) is 2.44. The summed E-state index contributed by atoms with van der Waals surface area (Å²) in [6, 6.07) is 10.7. The molecule has 2 heterocycles. The molecule has 1 aliphatic rings.